The van der Waals surface area contributed by atoms with E-state index in [-0.39, 0.29) is 12.4 Å². The second-order valence-corrected chi connectivity index (χ2v) is 1.34. The molecule has 0 aromatic heterocycles. The van der Waals surface area contributed by atoms with Gasteiger partial charge in [0.25, 0.3) is 0 Å². The molecule has 0 fully saturated rings. The number of alkyl halides is 3. The molecule has 0 saturated carbocycles. The molecule has 0 aromatic rings. The van der Waals surface area contributed by atoms with Crippen LogP contribution in [0.15, 0.2) is 11.9 Å². The number of allylic oxidation sites excluding steroid dienone is 1. The lowest BCUT2D eigenvalue weighted by Gasteiger charge is -1.97. The maximum absolute atomic E-state index is 11.6. The summed E-state index contributed by atoms with van der Waals surface area (Å²) in [5.41, 5.74) is 4.54. The zero-order valence-electron chi connectivity index (χ0n) is 4.78. The van der Waals surface area contributed by atoms with Gasteiger partial charge < -0.3 is 5.73 Å². The van der Waals surface area contributed by atoms with Crippen molar-refractivity contribution in [2.45, 2.75) is 6.18 Å². The van der Waals surface area contributed by atoms with Crippen LogP contribution in [0.25, 0.3) is 0 Å². The number of hydrogen-bond acceptors (Lipinski definition) is 1. The fraction of sp³-hybridized carbons (Fsp3) is 0.500. The molecular formula is C4H6ClF4N. The minimum atomic E-state index is -4.59. The van der Waals surface area contributed by atoms with Crippen molar-refractivity contribution < 1.29 is 17.6 Å². The van der Waals surface area contributed by atoms with E-state index in [0.717, 1.165) is 0 Å². The van der Waals surface area contributed by atoms with Crippen molar-refractivity contribution in [3.63, 3.8) is 0 Å². The average molecular weight is 180 g/mol. The molecule has 0 aromatic carbocycles. The van der Waals surface area contributed by atoms with Crippen molar-refractivity contribution in [2.24, 2.45) is 5.73 Å². The molecule has 0 aliphatic carbocycles. The quantitative estimate of drug-likeness (QED) is 0.610. The number of hydrogen-bond donors (Lipinski definition) is 1. The highest BCUT2D eigenvalue weighted by atomic mass is 35.5. The molecule has 2 N–H and O–H groups in total. The van der Waals surface area contributed by atoms with Gasteiger partial charge in [-0.05, 0) is 0 Å². The molecule has 0 aliphatic rings. The highest BCUT2D eigenvalue weighted by Crippen LogP contribution is 2.18. The van der Waals surface area contributed by atoms with Crippen LogP contribution in [-0.4, -0.2) is 12.7 Å². The molecule has 0 heterocycles. The van der Waals surface area contributed by atoms with Crippen molar-refractivity contribution in [3.8, 4) is 0 Å². The predicted octanol–water partition coefficient (Wildman–Crippen LogP) is 1.78. The Hall–Kier alpha value is -0.290. The normalized spacial score (nSPS) is 12.7. The molecule has 0 saturated heterocycles. The molecule has 10 heavy (non-hydrogen) atoms. The van der Waals surface area contributed by atoms with E-state index in [0.29, 0.717) is 0 Å². The van der Waals surface area contributed by atoms with Crippen molar-refractivity contribution in [2.75, 3.05) is 6.54 Å². The molecule has 0 spiro atoms. The van der Waals surface area contributed by atoms with Gasteiger partial charge in [-0.1, -0.05) is 0 Å². The van der Waals surface area contributed by atoms with Gasteiger partial charge in [0, 0.05) is 6.54 Å². The van der Waals surface area contributed by atoms with Crippen LogP contribution in [0.5, 0.6) is 0 Å². The summed E-state index contributed by atoms with van der Waals surface area (Å²) in [5, 5.41) is 0. The molecule has 0 unspecified atom stereocenters. The summed E-state index contributed by atoms with van der Waals surface area (Å²) in [5.74, 6) is -1.36. The van der Waals surface area contributed by atoms with Crippen LogP contribution in [-0.2, 0) is 0 Å². The monoisotopic (exact) mass is 179 g/mol. The standard InChI is InChI=1S/C4H5F4N.ClH/c5-3(2-9)1-4(6,7)8;/h1H,2,9H2;1H/b3-1-;. The lowest BCUT2D eigenvalue weighted by molar-refractivity contribution is -0.0814. The van der Waals surface area contributed by atoms with E-state index in [4.69, 9.17) is 0 Å². The summed E-state index contributed by atoms with van der Waals surface area (Å²) in [4.78, 5) is 0. The van der Waals surface area contributed by atoms with Gasteiger partial charge in [-0.2, -0.15) is 13.2 Å². The summed E-state index contributed by atoms with van der Waals surface area (Å²) < 4.78 is 45.0. The lowest BCUT2D eigenvalue weighted by atomic mass is 10.4. The van der Waals surface area contributed by atoms with Crippen LogP contribution in [0, 0.1) is 0 Å². The zero-order valence-corrected chi connectivity index (χ0v) is 5.60. The minimum Gasteiger partial charge on any atom is -0.325 e. The molecule has 0 amide bonds. The van der Waals surface area contributed by atoms with Gasteiger partial charge in [0.2, 0.25) is 0 Å². The Morgan fingerprint density at radius 3 is 1.90 bits per heavy atom. The van der Waals surface area contributed by atoms with E-state index < -0.39 is 24.6 Å². The lowest BCUT2D eigenvalue weighted by Crippen LogP contribution is -2.07. The van der Waals surface area contributed by atoms with Crippen LogP contribution >= 0.6 is 12.4 Å². The van der Waals surface area contributed by atoms with Gasteiger partial charge in [-0.25, -0.2) is 4.39 Å². The maximum atomic E-state index is 11.6. The molecule has 0 rings (SSSR count). The molecular weight excluding hydrogens is 173 g/mol. The first-order valence-electron chi connectivity index (χ1n) is 2.10. The SMILES string of the molecule is Cl.NC/C(F)=C/C(F)(F)F. The van der Waals surface area contributed by atoms with Crippen LogP contribution in [0.1, 0.15) is 0 Å². The fourth-order valence-corrected chi connectivity index (χ4v) is 0.237. The van der Waals surface area contributed by atoms with E-state index in [1.807, 2.05) is 0 Å². The number of rotatable bonds is 1. The van der Waals surface area contributed by atoms with E-state index in [9.17, 15) is 17.6 Å². The molecule has 6 heteroatoms. The Morgan fingerprint density at radius 2 is 1.80 bits per heavy atom. The van der Waals surface area contributed by atoms with E-state index in [1.165, 1.54) is 0 Å². The van der Waals surface area contributed by atoms with Gasteiger partial charge in [-0.15, -0.1) is 12.4 Å². The minimum absolute atomic E-state index is 0. The summed E-state index contributed by atoms with van der Waals surface area (Å²) in [6.45, 7) is -0.709. The number of nitrogens with two attached hydrogens (primary N) is 1. The Bertz CT molecular complexity index is 119. The van der Waals surface area contributed by atoms with Crippen LogP contribution in [0.3, 0.4) is 0 Å². The molecule has 0 bridgehead atoms. The first-order valence-corrected chi connectivity index (χ1v) is 2.10. The molecule has 0 atom stereocenters. The van der Waals surface area contributed by atoms with Crippen molar-refractivity contribution in [1.82, 2.24) is 0 Å². The molecule has 0 aliphatic heterocycles. The second kappa shape index (κ2) is 4.51. The summed E-state index contributed by atoms with van der Waals surface area (Å²) in [6, 6.07) is 0. The largest absolute Gasteiger partial charge is 0.412 e. The van der Waals surface area contributed by atoms with Gasteiger partial charge >= 0.3 is 6.18 Å². The van der Waals surface area contributed by atoms with Crippen LogP contribution in [0.2, 0.25) is 0 Å². The maximum Gasteiger partial charge on any atom is 0.412 e. The average Bonchev–Trinajstić information content (AvgIpc) is 1.62. The van der Waals surface area contributed by atoms with Crippen molar-refractivity contribution in [1.29, 1.82) is 0 Å². The summed E-state index contributed by atoms with van der Waals surface area (Å²) >= 11 is 0. The smallest absolute Gasteiger partial charge is 0.325 e. The van der Waals surface area contributed by atoms with Gasteiger partial charge in [0.1, 0.15) is 5.83 Å². The van der Waals surface area contributed by atoms with Crippen LogP contribution in [0.4, 0.5) is 17.6 Å². The van der Waals surface area contributed by atoms with Crippen molar-refractivity contribution in [3.05, 3.63) is 11.9 Å². The highest BCUT2D eigenvalue weighted by Gasteiger charge is 2.24. The predicted molar refractivity (Wildman–Crippen MR) is 31.5 cm³/mol. The van der Waals surface area contributed by atoms with E-state index >= 15 is 0 Å². The Morgan fingerprint density at radius 1 is 1.40 bits per heavy atom. The third-order valence-corrected chi connectivity index (χ3v) is 0.515. The van der Waals surface area contributed by atoms with Crippen molar-refractivity contribution >= 4 is 12.4 Å². The Labute approximate surface area is 61.3 Å². The second-order valence-electron chi connectivity index (χ2n) is 1.34. The van der Waals surface area contributed by atoms with E-state index in [1.54, 1.807) is 0 Å². The fourth-order valence-electron chi connectivity index (χ4n) is 0.237. The first kappa shape index (κ1) is 12.4. The zero-order chi connectivity index (χ0) is 7.49. The molecule has 1 nitrogen and oxygen atoms in total. The summed E-state index contributed by atoms with van der Waals surface area (Å²) in [7, 11) is 0. The Balaban J connectivity index is 0. The molecule has 62 valence electrons. The van der Waals surface area contributed by atoms with Gasteiger partial charge in [0.05, 0.1) is 6.08 Å². The summed E-state index contributed by atoms with van der Waals surface area (Å²) in [6.07, 6.45) is -5.06. The number of halogens is 5. The van der Waals surface area contributed by atoms with E-state index in [2.05, 4.69) is 5.73 Å². The first-order chi connectivity index (χ1) is 3.95. The third-order valence-electron chi connectivity index (χ3n) is 0.515. The van der Waals surface area contributed by atoms with Gasteiger partial charge in [-0.3, -0.25) is 0 Å². The Kier molecular flexibility index (Phi) is 5.59. The van der Waals surface area contributed by atoms with Crippen LogP contribution < -0.4 is 5.73 Å². The third kappa shape index (κ3) is 7.71. The van der Waals surface area contributed by atoms with Gasteiger partial charge in [0.15, 0.2) is 0 Å². The molecule has 0 radical (unpaired) electrons. The highest BCUT2D eigenvalue weighted by molar-refractivity contribution is 5.85. The topological polar surface area (TPSA) is 26.0 Å².